The zero-order valence-corrected chi connectivity index (χ0v) is 13.1. The van der Waals surface area contributed by atoms with Crippen LogP contribution in [0, 0.1) is 0 Å². The molecule has 0 unspecified atom stereocenters. The molecule has 116 valence electrons. The highest BCUT2D eigenvalue weighted by molar-refractivity contribution is 5.99. The summed E-state index contributed by atoms with van der Waals surface area (Å²) in [6.07, 6.45) is 3.44. The lowest BCUT2D eigenvalue weighted by atomic mass is 10.1. The topological polar surface area (TPSA) is 50.4 Å². The van der Waals surface area contributed by atoms with Gasteiger partial charge in [0.15, 0.2) is 0 Å². The number of hydrogen-bond donors (Lipinski definition) is 2. The van der Waals surface area contributed by atoms with Gasteiger partial charge in [0.1, 0.15) is 5.75 Å². The fourth-order valence-electron chi connectivity index (χ4n) is 2.13. The molecule has 0 aliphatic rings. The van der Waals surface area contributed by atoms with E-state index in [0.29, 0.717) is 11.4 Å². The van der Waals surface area contributed by atoms with Gasteiger partial charge in [-0.1, -0.05) is 31.5 Å². The van der Waals surface area contributed by atoms with Gasteiger partial charge in [0, 0.05) is 17.4 Å². The third-order valence-electron chi connectivity index (χ3n) is 3.36. The van der Waals surface area contributed by atoms with Crippen LogP contribution in [0.4, 0.5) is 16.2 Å². The number of amides is 2. The van der Waals surface area contributed by atoms with E-state index in [9.17, 15) is 4.79 Å². The molecule has 4 nitrogen and oxygen atoms in total. The molecule has 4 heteroatoms. The molecule has 0 saturated heterocycles. The van der Waals surface area contributed by atoms with E-state index < -0.39 is 0 Å². The summed E-state index contributed by atoms with van der Waals surface area (Å²) >= 11 is 0. The Morgan fingerprint density at radius 2 is 1.77 bits per heavy atom. The molecule has 0 radical (unpaired) electrons. The van der Waals surface area contributed by atoms with Gasteiger partial charge in [0.25, 0.3) is 0 Å². The third kappa shape index (κ3) is 4.81. The molecule has 0 aliphatic carbocycles. The highest BCUT2D eigenvalue weighted by Gasteiger charge is 2.03. The van der Waals surface area contributed by atoms with Crippen molar-refractivity contribution in [3.63, 3.8) is 0 Å². The second-order valence-electron chi connectivity index (χ2n) is 5.11. The maximum Gasteiger partial charge on any atom is 0.323 e. The molecule has 2 N–H and O–H groups in total. The van der Waals surface area contributed by atoms with E-state index >= 15 is 0 Å². The average molecular weight is 298 g/mol. The van der Waals surface area contributed by atoms with Gasteiger partial charge >= 0.3 is 6.03 Å². The standard InChI is InChI=1S/C18H22N2O2/c1-3-4-6-14-9-11-15(12-10-14)19-18(21)20-16-7-5-8-17(13-16)22-2/h5,7-13H,3-4,6H2,1-2H3,(H2,19,20,21). The predicted octanol–water partition coefficient (Wildman–Crippen LogP) is 4.68. The first-order valence-electron chi connectivity index (χ1n) is 7.52. The Balaban J connectivity index is 1.91. The van der Waals surface area contributed by atoms with Gasteiger partial charge in [0.2, 0.25) is 0 Å². The van der Waals surface area contributed by atoms with Crippen molar-refractivity contribution in [2.24, 2.45) is 0 Å². The molecule has 0 spiro atoms. The zero-order valence-electron chi connectivity index (χ0n) is 13.1. The number of methoxy groups -OCH3 is 1. The summed E-state index contributed by atoms with van der Waals surface area (Å²) in [6, 6.07) is 14.9. The molecule has 22 heavy (non-hydrogen) atoms. The number of benzene rings is 2. The van der Waals surface area contributed by atoms with Gasteiger partial charge in [-0.15, -0.1) is 0 Å². The van der Waals surface area contributed by atoms with E-state index in [0.717, 1.165) is 12.1 Å². The summed E-state index contributed by atoms with van der Waals surface area (Å²) in [4.78, 5) is 12.0. The molecule has 0 saturated carbocycles. The van der Waals surface area contributed by atoms with Crippen molar-refractivity contribution in [3.8, 4) is 5.75 Å². The van der Waals surface area contributed by atoms with Crippen molar-refractivity contribution in [1.29, 1.82) is 0 Å². The predicted molar refractivity (Wildman–Crippen MR) is 90.7 cm³/mol. The summed E-state index contributed by atoms with van der Waals surface area (Å²) in [5, 5.41) is 5.60. The van der Waals surface area contributed by atoms with Gasteiger partial charge in [0.05, 0.1) is 7.11 Å². The molecule has 2 rings (SSSR count). The molecule has 2 amide bonds. The smallest absolute Gasteiger partial charge is 0.323 e. The molecule has 2 aromatic rings. The Kier molecular flexibility index (Phi) is 5.83. The summed E-state index contributed by atoms with van der Waals surface area (Å²) < 4.78 is 5.13. The van der Waals surface area contributed by atoms with Crippen LogP contribution in [-0.2, 0) is 6.42 Å². The zero-order chi connectivity index (χ0) is 15.8. The maximum atomic E-state index is 12.0. The van der Waals surface area contributed by atoms with Gasteiger partial charge in [-0.25, -0.2) is 4.79 Å². The number of carbonyl (C=O) groups is 1. The number of aryl methyl sites for hydroxylation is 1. The Bertz CT molecular complexity index is 609. The number of urea groups is 1. The first-order chi connectivity index (χ1) is 10.7. The van der Waals surface area contributed by atoms with E-state index in [4.69, 9.17) is 4.74 Å². The van der Waals surface area contributed by atoms with E-state index in [1.54, 1.807) is 13.2 Å². The minimum absolute atomic E-state index is 0.269. The monoisotopic (exact) mass is 298 g/mol. The molecule has 0 fully saturated rings. The molecule has 0 aromatic heterocycles. The van der Waals surface area contributed by atoms with Crippen LogP contribution in [0.15, 0.2) is 48.5 Å². The number of unbranched alkanes of at least 4 members (excludes halogenated alkanes) is 1. The second kappa shape index (κ2) is 8.08. The van der Waals surface area contributed by atoms with Crippen molar-refractivity contribution in [1.82, 2.24) is 0 Å². The van der Waals surface area contributed by atoms with Crippen molar-refractivity contribution in [3.05, 3.63) is 54.1 Å². The van der Waals surface area contributed by atoms with E-state index in [1.165, 1.54) is 18.4 Å². The maximum absolute atomic E-state index is 12.0. The lowest BCUT2D eigenvalue weighted by Crippen LogP contribution is -2.19. The van der Waals surface area contributed by atoms with Crippen LogP contribution in [0.2, 0.25) is 0 Å². The van der Waals surface area contributed by atoms with Gasteiger partial charge < -0.3 is 15.4 Å². The Morgan fingerprint density at radius 1 is 1.05 bits per heavy atom. The number of nitrogens with one attached hydrogen (secondary N) is 2. The van der Waals surface area contributed by atoms with Crippen LogP contribution < -0.4 is 15.4 Å². The molecule has 2 aromatic carbocycles. The molecular weight excluding hydrogens is 276 g/mol. The Hall–Kier alpha value is -2.49. The van der Waals surface area contributed by atoms with Crippen molar-refractivity contribution in [2.45, 2.75) is 26.2 Å². The molecular formula is C18H22N2O2. The van der Waals surface area contributed by atoms with Crippen LogP contribution in [0.3, 0.4) is 0 Å². The fraction of sp³-hybridized carbons (Fsp3) is 0.278. The van der Waals surface area contributed by atoms with Crippen molar-refractivity contribution < 1.29 is 9.53 Å². The quantitative estimate of drug-likeness (QED) is 0.813. The first kappa shape index (κ1) is 15.9. The number of anilines is 2. The van der Waals surface area contributed by atoms with Crippen LogP contribution in [-0.4, -0.2) is 13.1 Å². The summed E-state index contributed by atoms with van der Waals surface area (Å²) in [7, 11) is 1.60. The van der Waals surface area contributed by atoms with E-state index in [-0.39, 0.29) is 6.03 Å². The van der Waals surface area contributed by atoms with Gasteiger partial charge in [-0.2, -0.15) is 0 Å². The lowest BCUT2D eigenvalue weighted by Gasteiger charge is -2.09. The number of ether oxygens (including phenoxy) is 1. The molecule has 0 atom stereocenters. The minimum atomic E-state index is -0.269. The normalized spacial score (nSPS) is 10.1. The summed E-state index contributed by atoms with van der Waals surface area (Å²) in [5.41, 5.74) is 2.76. The fourth-order valence-corrected chi connectivity index (χ4v) is 2.13. The Labute approximate surface area is 131 Å². The highest BCUT2D eigenvalue weighted by atomic mass is 16.5. The minimum Gasteiger partial charge on any atom is -0.497 e. The molecule has 0 aliphatic heterocycles. The van der Waals surface area contributed by atoms with Crippen LogP contribution in [0.25, 0.3) is 0 Å². The van der Waals surface area contributed by atoms with Gasteiger partial charge in [-0.3, -0.25) is 0 Å². The summed E-state index contributed by atoms with van der Waals surface area (Å²) in [5.74, 6) is 0.707. The third-order valence-corrected chi connectivity index (χ3v) is 3.36. The first-order valence-corrected chi connectivity index (χ1v) is 7.52. The number of rotatable bonds is 6. The van der Waals surface area contributed by atoms with Gasteiger partial charge in [-0.05, 0) is 42.7 Å². The largest absolute Gasteiger partial charge is 0.497 e. The van der Waals surface area contributed by atoms with Crippen LogP contribution in [0.1, 0.15) is 25.3 Å². The van der Waals surface area contributed by atoms with Crippen molar-refractivity contribution in [2.75, 3.05) is 17.7 Å². The SMILES string of the molecule is CCCCc1ccc(NC(=O)Nc2cccc(OC)c2)cc1. The molecule has 0 heterocycles. The average Bonchev–Trinajstić information content (AvgIpc) is 2.54. The van der Waals surface area contributed by atoms with Crippen molar-refractivity contribution >= 4 is 17.4 Å². The number of carbonyl (C=O) groups excluding carboxylic acids is 1. The molecule has 0 bridgehead atoms. The second-order valence-corrected chi connectivity index (χ2v) is 5.11. The lowest BCUT2D eigenvalue weighted by molar-refractivity contribution is 0.262. The van der Waals surface area contributed by atoms with Crippen LogP contribution in [0.5, 0.6) is 5.75 Å². The number of hydrogen-bond acceptors (Lipinski definition) is 2. The highest BCUT2D eigenvalue weighted by Crippen LogP contribution is 2.17. The van der Waals surface area contributed by atoms with E-state index in [1.807, 2.05) is 30.3 Å². The Morgan fingerprint density at radius 3 is 2.45 bits per heavy atom. The summed E-state index contributed by atoms with van der Waals surface area (Å²) in [6.45, 7) is 2.18. The van der Waals surface area contributed by atoms with Crippen LogP contribution >= 0.6 is 0 Å². The van der Waals surface area contributed by atoms with E-state index in [2.05, 4.69) is 29.7 Å².